The first-order valence-corrected chi connectivity index (χ1v) is 11.0. The molecule has 2 aromatic heterocycles. The van der Waals surface area contributed by atoms with Gasteiger partial charge in [0, 0.05) is 25.2 Å². The number of aryl methyl sites for hydroxylation is 1. The molecule has 0 radical (unpaired) electrons. The van der Waals surface area contributed by atoms with E-state index < -0.39 is 5.91 Å². The molecule has 1 amide bonds. The summed E-state index contributed by atoms with van der Waals surface area (Å²) >= 11 is 0. The van der Waals surface area contributed by atoms with E-state index in [1.807, 2.05) is 18.2 Å². The number of ether oxygens (including phenoxy) is 2. The standard InChI is InChI=1S/C21H25N9O4/c1-32-14-5-6-15-13(11-14)3-2-4-16(15)23-25-21(31)18-17(12-29-7-9-33-10-8-29)30(28-24-18)20-19(22)26-34-27-20/h5-6,11H,2-4,7-10,12H2,1H3,(H2,22,26)(H,25,31)/b23-16-. The number of rotatable bonds is 6. The molecule has 1 fully saturated rings. The number of carbonyl (C=O) groups is 1. The number of hydrogen-bond acceptors (Lipinski definition) is 11. The van der Waals surface area contributed by atoms with Crippen LogP contribution in [0.4, 0.5) is 5.82 Å². The summed E-state index contributed by atoms with van der Waals surface area (Å²) in [6.07, 6.45) is 2.63. The zero-order valence-electron chi connectivity index (χ0n) is 18.7. The summed E-state index contributed by atoms with van der Waals surface area (Å²) in [6.45, 7) is 3.02. The van der Waals surface area contributed by atoms with Gasteiger partial charge in [-0.15, -0.1) is 5.10 Å². The van der Waals surface area contributed by atoms with Crippen molar-refractivity contribution < 1.29 is 18.9 Å². The summed E-state index contributed by atoms with van der Waals surface area (Å²) in [5.74, 6) is 0.554. The molecule has 1 saturated heterocycles. The SMILES string of the molecule is COc1ccc2c(c1)CCC/C2=N/NC(=O)c1nnn(-c2nonc2N)c1CN1CCOCC1. The maximum Gasteiger partial charge on any atom is 0.293 e. The third-order valence-corrected chi connectivity index (χ3v) is 5.93. The maximum absolute atomic E-state index is 13.1. The van der Waals surface area contributed by atoms with Crippen LogP contribution in [0.25, 0.3) is 5.82 Å². The summed E-state index contributed by atoms with van der Waals surface area (Å²) in [5.41, 5.74) is 12.1. The van der Waals surface area contributed by atoms with Gasteiger partial charge in [-0.2, -0.15) is 9.78 Å². The number of nitrogens with zero attached hydrogens (tertiary/aromatic N) is 7. The molecule has 0 atom stereocenters. The van der Waals surface area contributed by atoms with Crippen LogP contribution < -0.4 is 15.9 Å². The van der Waals surface area contributed by atoms with Crippen molar-refractivity contribution in [3.63, 3.8) is 0 Å². The van der Waals surface area contributed by atoms with Crippen molar-refractivity contribution >= 4 is 17.4 Å². The number of nitrogens with one attached hydrogen (secondary N) is 1. The monoisotopic (exact) mass is 467 g/mol. The predicted octanol–water partition coefficient (Wildman–Crippen LogP) is 0.544. The first-order valence-electron chi connectivity index (χ1n) is 11.0. The smallest absolute Gasteiger partial charge is 0.293 e. The molecule has 1 aliphatic heterocycles. The van der Waals surface area contributed by atoms with Gasteiger partial charge in [-0.05, 0) is 53.3 Å². The second-order valence-corrected chi connectivity index (χ2v) is 8.03. The first kappa shape index (κ1) is 22.0. The summed E-state index contributed by atoms with van der Waals surface area (Å²) in [4.78, 5) is 15.3. The second-order valence-electron chi connectivity index (χ2n) is 8.03. The van der Waals surface area contributed by atoms with Crippen LogP contribution in [0, 0.1) is 0 Å². The molecule has 178 valence electrons. The highest BCUT2D eigenvalue weighted by atomic mass is 16.6. The number of aromatic nitrogens is 5. The maximum atomic E-state index is 13.1. The molecule has 5 rings (SSSR count). The number of carbonyl (C=O) groups excluding carboxylic acids is 1. The van der Waals surface area contributed by atoms with Gasteiger partial charge < -0.3 is 15.2 Å². The van der Waals surface area contributed by atoms with Gasteiger partial charge in [-0.1, -0.05) is 5.21 Å². The Morgan fingerprint density at radius 1 is 1.26 bits per heavy atom. The fourth-order valence-corrected chi connectivity index (χ4v) is 4.15. The van der Waals surface area contributed by atoms with Crippen LogP contribution >= 0.6 is 0 Å². The molecular formula is C21H25N9O4. The lowest BCUT2D eigenvalue weighted by molar-refractivity contribution is 0.0332. The third kappa shape index (κ3) is 4.34. The van der Waals surface area contributed by atoms with Crippen molar-refractivity contribution in [1.82, 2.24) is 35.6 Å². The van der Waals surface area contributed by atoms with E-state index in [4.69, 9.17) is 19.8 Å². The van der Waals surface area contributed by atoms with Crippen molar-refractivity contribution in [3.05, 3.63) is 40.7 Å². The van der Waals surface area contributed by atoms with Crippen molar-refractivity contribution in [1.29, 1.82) is 0 Å². The summed E-state index contributed by atoms with van der Waals surface area (Å²) in [7, 11) is 1.64. The highest BCUT2D eigenvalue weighted by Gasteiger charge is 2.26. The molecule has 3 aromatic rings. The fourth-order valence-electron chi connectivity index (χ4n) is 4.15. The molecule has 3 heterocycles. The highest BCUT2D eigenvalue weighted by molar-refractivity contribution is 6.04. The summed E-state index contributed by atoms with van der Waals surface area (Å²) in [6, 6.07) is 5.87. The van der Waals surface area contributed by atoms with E-state index in [1.54, 1.807) is 7.11 Å². The lowest BCUT2D eigenvalue weighted by Gasteiger charge is -2.26. The van der Waals surface area contributed by atoms with E-state index in [2.05, 4.69) is 36.1 Å². The number of nitrogen functional groups attached to an aromatic ring is 1. The number of benzene rings is 1. The number of amides is 1. The number of anilines is 1. The molecule has 3 N–H and O–H groups in total. The molecule has 0 saturated carbocycles. The lowest BCUT2D eigenvalue weighted by atomic mass is 9.90. The Morgan fingerprint density at radius 3 is 2.88 bits per heavy atom. The van der Waals surface area contributed by atoms with E-state index in [-0.39, 0.29) is 17.3 Å². The molecular weight excluding hydrogens is 442 g/mol. The van der Waals surface area contributed by atoms with Gasteiger partial charge in [0.2, 0.25) is 11.6 Å². The van der Waals surface area contributed by atoms with Crippen LogP contribution in [0.5, 0.6) is 5.75 Å². The quantitative estimate of drug-likeness (QED) is 0.490. The van der Waals surface area contributed by atoms with Crippen LogP contribution in [0.2, 0.25) is 0 Å². The fraction of sp³-hybridized carbons (Fsp3) is 0.429. The van der Waals surface area contributed by atoms with Crippen LogP contribution in [0.3, 0.4) is 0 Å². The number of methoxy groups -OCH3 is 1. The van der Waals surface area contributed by atoms with Gasteiger partial charge in [0.25, 0.3) is 5.91 Å². The number of fused-ring (bicyclic) bond motifs is 1. The van der Waals surface area contributed by atoms with E-state index in [0.29, 0.717) is 38.5 Å². The van der Waals surface area contributed by atoms with E-state index in [1.165, 1.54) is 4.68 Å². The van der Waals surface area contributed by atoms with E-state index in [0.717, 1.165) is 41.9 Å². The molecule has 1 aromatic carbocycles. The number of morpholine rings is 1. The topological polar surface area (TPSA) is 159 Å². The molecule has 0 spiro atoms. The largest absolute Gasteiger partial charge is 0.497 e. The Kier molecular flexibility index (Phi) is 6.18. The average Bonchev–Trinajstić information content (AvgIpc) is 3.48. The Bertz CT molecular complexity index is 1210. The Morgan fingerprint density at radius 2 is 2.12 bits per heavy atom. The Labute approximate surface area is 194 Å². The minimum atomic E-state index is -0.474. The molecule has 0 unspecified atom stereocenters. The van der Waals surface area contributed by atoms with Gasteiger partial charge in [-0.25, -0.2) is 10.1 Å². The minimum Gasteiger partial charge on any atom is -0.497 e. The van der Waals surface area contributed by atoms with Gasteiger partial charge in [0.1, 0.15) is 5.75 Å². The zero-order chi connectivity index (χ0) is 23.5. The Balaban J connectivity index is 1.42. The Hall–Kier alpha value is -3.84. The predicted molar refractivity (Wildman–Crippen MR) is 120 cm³/mol. The zero-order valence-corrected chi connectivity index (χ0v) is 18.7. The third-order valence-electron chi connectivity index (χ3n) is 5.93. The second kappa shape index (κ2) is 9.57. The molecule has 2 aliphatic rings. The number of hydrogen-bond donors (Lipinski definition) is 2. The molecule has 13 nitrogen and oxygen atoms in total. The molecule has 34 heavy (non-hydrogen) atoms. The molecule has 1 aliphatic carbocycles. The summed E-state index contributed by atoms with van der Waals surface area (Å²) < 4.78 is 16.8. The van der Waals surface area contributed by atoms with E-state index in [9.17, 15) is 4.79 Å². The normalized spacial score (nSPS) is 17.5. The highest BCUT2D eigenvalue weighted by Crippen LogP contribution is 2.26. The van der Waals surface area contributed by atoms with Crippen LogP contribution in [0.15, 0.2) is 27.9 Å². The number of hydrazone groups is 1. The van der Waals surface area contributed by atoms with Crippen molar-refractivity contribution in [2.75, 3.05) is 39.1 Å². The van der Waals surface area contributed by atoms with Crippen LogP contribution in [-0.4, -0.2) is 75.2 Å². The molecule has 13 heteroatoms. The van der Waals surface area contributed by atoms with Gasteiger partial charge >= 0.3 is 0 Å². The van der Waals surface area contributed by atoms with Crippen LogP contribution in [-0.2, 0) is 17.7 Å². The van der Waals surface area contributed by atoms with Crippen molar-refractivity contribution in [2.45, 2.75) is 25.8 Å². The number of nitrogens with two attached hydrogens (primary N) is 1. The van der Waals surface area contributed by atoms with Gasteiger partial charge in [-0.3, -0.25) is 9.69 Å². The average molecular weight is 467 g/mol. The first-order chi connectivity index (χ1) is 16.6. The minimum absolute atomic E-state index is 0.0505. The lowest BCUT2D eigenvalue weighted by Crippen LogP contribution is -2.37. The molecule has 0 bridgehead atoms. The van der Waals surface area contributed by atoms with E-state index >= 15 is 0 Å². The van der Waals surface area contributed by atoms with Gasteiger partial charge in [0.15, 0.2) is 5.69 Å². The van der Waals surface area contributed by atoms with Crippen molar-refractivity contribution in [3.8, 4) is 11.6 Å². The summed E-state index contributed by atoms with van der Waals surface area (Å²) in [5, 5.41) is 20.0. The van der Waals surface area contributed by atoms with Gasteiger partial charge in [0.05, 0.1) is 31.7 Å². The van der Waals surface area contributed by atoms with Crippen LogP contribution in [0.1, 0.15) is 40.2 Å². The van der Waals surface area contributed by atoms with Crippen molar-refractivity contribution in [2.24, 2.45) is 5.10 Å².